The summed E-state index contributed by atoms with van der Waals surface area (Å²) in [7, 11) is 3.40. The summed E-state index contributed by atoms with van der Waals surface area (Å²) in [6.45, 7) is 2.41. The predicted octanol–water partition coefficient (Wildman–Crippen LogP) is 2.04. The van der Waals surface area contributed by atoms with Gasteiger partial charge in [0, 0.05) is 38.3 Å². The van der Waals surface area contributed by atoms with Gasteiger partial charge in [0.15, 0.2) is 5.82 Å². The maximum absolute atomic E-state index is 12.2. The van der Waals surface area contributed by atoms with E-state index in [9.17, 15) is 9.59 Å². The Bertz CT molecular complexity index is 1390. The monoisotopic (exact) mass is 461 g/mol. The van der Waals surface area contributed by atoms with Crippen molar-refractivity contribution in [1.29, 1.82) is 0 Å². The van der Waals surface area contributed by atoms with E-state index in [-0.39, 0.29) is 17.6 Å². The lowest BCUT2D eigenvalue weighted by molar-refractivity contribution is 0.0827. The van der Waals surface area contributed by atoms with Gasteiger partial charge in [-0.1, -0.05) is 6.07 Å². The number of carbonyl (C=O) groups excluding carboxylic acids is 1. The van der Waals surface area contributed by atoms with Crippen molar-refractivity contribution in [2.45, 2.75) is 0 Å². The Morgan fingerprint density at radius 3 is 2.53 bits per heavy atom. The Morgan fingerprint density at radius 2 is 1.79 bits per heavy atom. The number of anilines is 1. The molecule has 0 aliphatic carbocycles. The van der Waals surface area contributed by atoms with Gasteiger partial charge in [-0.05, 0) is 36.4 Å². The summed E-state index contributed by atoms with van der Waals surface area (Å²) >= 11 is 0. The summed E-state index contributed by atoms with van der Waals surface area (Å²) in [5.74, 6) is 1.20. The molecule has 1 saturated heterocycles. The van der Waals surface area contributed by atoms with Gasteiger partial charge in [0.1, 0.15) is 5.75 Å². The van der Waals surface area contributed by atoms with E-state index in [1.54, 1.807) is 44.4 Å². The van der Waals surface area contributed by atoms with Crippen LogP contribution in [-0.4, -0.2) is 76.1 Å². The number of benzene rings is 2. The zero-order valence-corrected chi connectivity index (χ0v) is 18.7. The Kier molecular flexibility index (Phi) is 5.68. The fourth-order valence-corrected chi connectivity index (χ4v) is 3.69. The Hall–Kier alpha value is -4.25. The molecular weight excluding hydrogens is 438 g/mol. The third-order valence-electron chi connectivity index (χ3n) is 5.41. The first-order valence-corrected chi connectivity index (χ1v) is 10.8. The zero-order valence-electron chi connectivity index (χ0n) is 18.7. The number of rotatable bonds is 5. The minimum Gasteiger partial charge on any atom is -0.424 e. The lowest BCUT2D eigenvalue weighted by atomic mass is 10.1. The van der Waals surface area contributed by atoms with Crippen LogP contribution in [0, 0.1) is 0 Å². The van der Waals surface area contributed by atoms with Gasteiger partial charge in [-0.25, -0.2) is 4.79 Å². The minimum atomic E-state index is -0.311. The van der Waals surface area contributed by atoms with Crippen molar-refractivity contribution in [3.8, 4) is 23.1 Å². The minimum absolute atomic E-state index is 0.0998. The highest BCUT2D eigenvalue weighted by molar-refractivity contribution is 5.94. The second kappa shape index (κ2) is 8.94. The van der Waals surface area contributed by atoms with E-state index >= 15 is 0 Å². The van der Waals surface area contributed by atoms with Crippen molar-refractivity contribution >= 4 is 22.9 Å². The number of H-pyrrole nitrogens is 2. The second-order valence-electron chi connectivity index (χ2n) is 7.97. The molecule has 5 rings (SSSR count). The summed E-state index contributed by atoms with van der Waals surface area (Å²) in [5.41, 5.74) is 2.13. The van der Waals surface area contributed by atoms with Gasteiger partial charge < -0.3 is 29.2 Å². The number of morpholine rings is 1. The maximum atomic E-state index is 12.2. The average Bonchev–Trinajstić information content (AvgIpc) is 3.24. The van der Waals surface area contributed by atoms with Crippen molar-refractivity contribution in [1.82, 2.24) is 29.8 Å². The maximum Gasteiger partial charge on any atom is 0.327 e. The molecule has 174 valence electrons. The van der Waals surface area contributed by atoms with Crippen LogP contribution < -0.4 is 15.3 Å². The highest BCUT2D eigenvalue weighted by Gasteiger charge is 2.20. The normalized spacial score (nSPS) is 13.8. The molecule has 11 heteroatoms. The number of hydrogen-bond donors (Lipinski definition) is 2. The average molecular weight is 461 g/mol. The number of carbonyl (C=O) groups is 1. The number of ether oxygens (including phenoxy) is 2. The molecule has 0 radical (unpaired) electrons. The molecule has 1 aliphatic rings. The smallest absolute Gasteiger partial charge is 0.327 e. The number of amides is 1. The fourth-order valence-electron chi connectivity index (χ4n) is 3.69. The topological polar surface area (TPSA) is 129 Å². The highest BCUT2D eigenvalue weighted by atomic mass is 16.5. The summed E-state index contributed by atoms with van der Waals surface area (Å²) in [6, 6.07) is 12.3. The zero-order chi connectivity index (χ0) is 23.7. The fraction of sp³-hybridized carbons (Fsp3) is 0.261. The largest absolute Gasteiger partial charge is 0.424 e. The van der Waals surface area contributed by atoms with Crippen molar-refractivity contribution in [3.63, 3.8) is 0 Å². The Labute approximate surface area is 194 Å². The summed E-state index contributed by atoms with van der Waals surface area (Å²) in [5, 5.41) is 0. The number of hydrogen-bond acceptors (Lipinski definition) is 8. The van der Waals surface area contributed by atoms with Gasteiger partial charge in [-0.15, -0.1) is 0 Å². The van der Waals surface area contributed by atoms with Gasteiger partial charge in [0.25, 0.3) is 5.91 Å². The molecule has 0 saturated carbocycles. The van der Waals surface area contributed by atoms with Crippen LogP contribution in [0.5, 0.6) is 11.8 Å². The van der Waals surface area contributed by atoms with E-state index in [0.29, 0.717) is 66.0 Å². The molecule has 0 unspecified atom stereocenters. The van der Waals surface area contributed by atoms with Crippen molar-refractivity contribution in [3.05, 3.63) is 58.5 Å². The third kappa shape index (κ3) is 4.33. The van der Waals surface area contributed by atoms with Gasteiger partial charge in [0.05, 0.1) is 24.2 Å². The highest BCUT2D eigenvalue weighted by Crippen LogP contribution is 2.28. The number of aromatic amines is 2. The first-order valence-electron chi connectivity index (χ1n) is 10.8. The SMILES string of the molecule is CN(C)C(=O)c1ccc(Oc2nc(-c3cccc4[nH]c(=O)[nH]c34)nc(N3CCOCC3)n2)cc1. The van der Waals surface area contributed by atoms with Crippen LogP contribution >= 0.6 is 0 Å². The van der Waals surface area contributed by atoms with Crippen molar-refractivity contribution in [2.24, 2.45) is 0 Å². The predicted molar refractivity (Wildman–Crippen MR) is 125 cm³/mol. The lowest BCUT2D eigenvalue weighted by Crippen LogP contribution is -2.37. The number of imidazole rings is 1. The quantitative estimate of drug-likeness (QED) is 0.462. The molecule has 0 spiro atoms. The molecular formula is C23H23N7O4. The second-order valence-corrected chi connectivity index (χ2v) is 7.97. The van der Waals surface area contributed by atoms with Crippen molar-refractivity contribution in [2.75, 3.05) is 45.3 Å². The number of nitrogens with zero attached hydrogens (tertiary/aromatic N) is 5. The molecule has 0 bridgehead atoms. The van der Waals surface area contributed by atoms with Crippen molar-refractivity contribution < 1.29 is 14.3 Å². The number of aromatic nitrogens is 5. The molecule has 3 heterocycles. The standard InChI is InChI=1S/C23H23N7O4/c1-29(2)20(31)14-6-8-15(9-7-14)34-23-27-19(26-21(28-23)30-10-12-33-13-11-30)16-4-3-5-17-18(16)25-22(32)24-17/h3-9H,10-13H2,1-2H3,(H2,24,25,32). The first-order chi connectivity index (χ1) is 16.5. The molecule has 1 aliphatic heterocycles. The molecule has 11 nitrogen and oxygen atoms in total. The number of fused-ring (bicyclic) bond motifs is 1. The van der Waals surface area contributed by atoms with Gasteiger partial charge in [0.2, 0.25) is 5.95 Å². The van der Waals surface area contributed by atoms with E-state index in [0.717, 1.165) is 0 Å². The lowest BCUT2D eigenvalue weighted by Gasteiger charge is -2.27. The molecule has 4 aromatic rings. The van der Waals surface area contributed by atoms with Crippen LogP contribution in [0.15, 0.2) is 47.3 Å². The molecule has 2 aromatic heterocycles. The molecule has 1 amide bonds. The molecule has 0 atom stereocenters. The molecule has 2 aromatic carbocycles. The van der Waals surface area contributed by atoms with E-state index < -0.39 is 0 Å². The summed E-state index contributed by atoms with van der Waals surface area (Å²) < 4.78 is 11.4. The van der Waals surface area contributed by atoms with Crippen LogP contribution in [0.3, 0.4) is 0 Å². The molecule has 1 fully saturated rings. The van der Waals surface area contributed by atoms with Gasteiger partial charge in [-0.3, -0.25) is 4.79 Å². The Morgan fingerprint density at radius 1 is 1.03 bits per heavy atom. The molecule has 2 N–H and O–H groups in total. The Balaban J connectivity index is 1.54. The number of nitrogens with one attached hydrogen (secondary N) is 2. The van der Waals surface area contributed by atoms with Crippen LogP contribution in [-0.2, 0) is 4.74 Å². The number of para-hydroxylation sites is 1. The van der Waals surface area contributed by atoms with E-state index in [2.05, 4.69) is 24.9 Å². The summed E-state index contributed by atoms with van der Waals surface area (Å²) in [4.78, 5) is 46.8. The van der Waals surface area contributed by atoms with E-state index in [1.165, 1.54) is 4.90 Å². The van der Waals surface area contributed by atoms with Crippen LogP contribution in [0.25, 0.3) is 22.4 Å². The summed E-state index contributed by atoms with van der Waals surface area (Å²) in [6.07, 6.45) is 0. The van der Waals surface area contributed by atoms with Crippen LogP contribution in [0.4, 0.5) is 5.95 Å². The van der Waals surface area contributed by atoms with Gasteiger partial charge in [-0.2, -0.15) is 15.0 Å². The van der Waals surface area contributed by atoms with Gasteiger partial charge >= 0.3 is 11.7 Å². The third-order valence-corrected chi connectivity index (χ3v) is 5.41. The van der Waals surface area contributed by atoms with E-state index in [4.69, 9.17) is 9.47 Å². The first kappa shape index (κ1) is 21.6. The molecule has 34 heavy (non-hydrogen) atoms. The van der Waals surface area contributed by atoms with Crippen LogP contribution in [0.2, 0.25) is 0 Å². The van der Waals surface area contributed by atoms with Crippen LogP contribution in [0.1, 0.15) is 10.4 Å². The van der Waals surface area contributed by atoms with E-state index in [1.807, 2.05) is 17.0 Å².